The van der Waals surface area contributed by atoms with Gasteiger partial charge in [-0.1, -0.05) is 19.3 Å². The molecule has 2 aliphatic heterocycles. The molecule has 1 amide bonds. The second-order valence-corrected chi connectivity index (χ2v) is 13.6. The number of anilines is 3. The van der Waals surface area contributed by atoms with Crippen molar-refractivity contribution in [1.82, 2.24) is 19.4 Å². The number of hydrogen-bond acceptors (Lipinski definition) is 7. The number of H-pyrrole nitrogens is 1. The summed E-state index contributed by atoms with van der Waals surface area (Å²) in [6.07, 6.45) is 5.93. The summed E-state index contributed by atoms with van der Waals surface area (Å²) >= 11 is 0. The van der Waals surface area contributed by atoms with Crippen LogP contribution in [0, 0.1) is 11.6 Å². The largest absolute Gasteiger partial charge is 0.382 e. The number of nitrogens with zero attached hydrogens (tertiary/aromatic N) is 4. The van der Waals surface area contributed by atoms with E-state index in [9.17, 15) is 22.0 Å². The Labute approximate surface area is 250 Å². The van der Waals surface area contributed by atoms with Crippen LogP contribution >= 0.6 is 0 Å². The van der Waals surface area contributed by atoms with Crippen LogP contribution in [-0.2, 0) is 23.0 Å². The molecular weight excluding hydrogens is 576 g/mol. The van der Waals surface area contributed by atoms with Gasteiger partial charge in [-0.25, -0.2) is 17.2 Å². The van der Waals surface area contributed by atoms with Gasteiger partial charge >= 0.3 is 0 Å². The lowest BCUT2D eigenvalue weighted by atomic mass is 9.95. The van der Waals surface area contributed by atoms with Crippen LogP contribution in [0.4, 0.5) is 26.0 Å². The Morgan fingerprint density at radius 1 is 0.977 bits per heavy atom. The predicted molar refractivity (Wildman–Crippen MR) is 161 cm³/mol. The van der Waals surface area contributed by atoms with E-state index < -0.39 is 26.6 Å². The molecule has 1 saturated heterocycles. The van der Waals surface area contributed by atoms with Crippen molar-refractivity contribution >= 4 is 33.1 Å². The fraction of sp³-hybridized carbons (Fsp3) is 0.467. The summed E-state index contributed by atoms with van der Waals surface area (Å²) in [5.74, 6) is -2.06. The van der Waals surface area contributed by atoms with E-state index in [1.54, 1.807) is 0 Å². The fourth-order valence-electron chi connectivity index (χ4n) is 6.16. The zero-order chi connectivity index (χ0) is 30.1. The number of sulfonamides is 1. The van der Waals surface area contributed by atoms with Crippen molar-refractivity contribution in [3.63, 3.8) is 0 Å². The van der Waals surface area contributed by atoms with Gasteiger partial charge in [0.2, 0.25) is 10.0 Å². The molecule has 230 valence electrons. The number of carbonyl (C=O) groups is 1. The van der Waals surface area contributed by atoms with Gasteiger partial charge in [0.1, 0.15) is 11.6 Å². The Kier molecular flexibility index (Phi) is 8.38. The lowest BCUT2D eigenvalue weighted by Crippen LogP contribution is -2.44. The molecule has 3 N–H and O–H groups in total. The van der Waals surface area contributed by atoms with Crippen molar-refractivity contribution < 1.29 is 22.0 Å². The summed E-state index contributed by atoms with van der Waals surface area (Å²) in [5, 5.41) is 13.7. The number of halogens is 2. The molecule has 13 heteroatoms. The van der Waals surface area contributed by atoms with E-state index in [2.05, 4.69) is 43.7 Å². The van der Waals surface area contributed by atoms with Crippen LogP contribution in [0.2, 0.25) is 0 Å². The number of carbonyl (C=O) groups excluding carboxylic acids is 1. The fourth-order valence-corrected chi connectivity index (χ4v) is 7.61. The number of aromatic nitrogens is 2. The number of hydrogen-bond donors (Lipinski definition) is 3. The first-order valence-corrected chi connectivity index (χ1v) is 16.3. The summed E-state index contributed by atoms with van der Waals surface area (Å²) in [4.78, 5) is 17.9. The highest BCUT2D eigenvalue weighted by Gasteiger charge is 2.32. The molecule has 2 aromatic carbocycles. The molecule has 1 saturated carbocycles. The number of aromatic amines is 1. The maximum absolute atomic E-state index is 13.8. The first kappa shape index (κ1) is 29.5. The highest BCUT2D eigenvalue weighted by Crippen LogP contribution is 2.32. The third kappa shape index (κ3) is 6.38. The van der Waals surface area contributed by atoms with Crippen molar-refractivity contribution in [2.45, 2.75) is 56.0 Å². The topological polar surface area (TPSA) is 114 Å². The average molecular weight is 614 g/mol. The third-order valence-corrected chi connectivity index (χ3v) is 10.5. The van der Waals surface area contributed by atoms with Crippen LogP contribution in [0.25, 0.3) is 0 Å². The standard InChI is InChI=1S/C30H37F2N7O3S/c1-37-11-13-38(14-12-37)23-7-8-25(28(18-23)33-22-5-3-2-4-6-22)30(40)34-29-26-19-39(10-9-27(26)35-36-29)43(41,42)24-16-20(31)15-21(32)17-24/h7-8,15-18,22,33H,2-6,9-14,19H2,1H3,(H2,34,35,36,40). The lowest BCUT2D eigenvalue weighted by Gasteiger charge is -2.34. The molecule has 0 bridgehead atoms. The molecule has 3 aromatic rings. The van der Waals surface area contributed by atoms with Crippen LogP contribution in [0.3, 0.4) is 0 Å². The van der Waals surface area contributed by atoms with Crippen LogP contribution in [0.15, 0.2) is 41.3 Å². The van der Waals surface area contributed by atoms with E-state index in [0.717, 1.165) is 79.7 Å². The van der Waals surface area contributed by atoms with Gasteiger partial charge in [-0.3, -0.25) is 9.89 Å². The van der Waals surface area contributed by atoms with Crippen molar-refractivity contribution in [3.05, 3.63) is 64.9 Å². The molecule has 3 aliphatic rings. The molecule has 6 rings (SSSR count). The molecule has 3 heterocycles. The number of benzene rings is 2. The molecule has 0 radical (unpaired) electrons. The van der Waals surface area contributed by atoms with Gasteiger partial charge in [-0.15, -0.1) is 0 Å². The van der Waals surface area contributed by atoms with E-state index in [1.807, 2.05) is 12.1 Å². The van der Waals surface area contributed by atoms with Gasteiger partial charge < -0.3 is 20.4 Å². The smallest absolute Gasteiger partial charge is 0.258 e. The minimum Gasteiger partial charge on any atom is -0.382 e. The van der Waals surface area contributed by atoms with E-state index in [0.29, 0.717) is 29.3 Å². The lowest BCUT2D eigenvalue weighted by molar-refractivity contribution is 0.102. The molecule has 0 atom stereocenters. The summed E-state index contributed by atoms with van der Waals surface area (Å²) in [6, 6.07) is 8.39. The van der Waals surface area contributed by atoms with Crippen molar-refractivity contribution in [1.29, 1.82) is 0 Å². The molecule has 10 nitrogen and oxygen atoms in total. The third-order valence-electron chi connectivity index (χ3n) is 8.69. The Balaban J connectivity index is 1.24. The van der Waals surface area contributed by atoms with Gasteiger partial charge in [-0.2, -0.15) is 9.40 Å². The minimum absolute atomic E-state index is 0.0998. The Morgan fingerprint density at radius 3 is 2.42 bits per heavy atom. The van der Waals surface area contributed by atoms with Gasteiger partial charge in [-0.05, 0) is 50.2 Å². The van der Waals surface area contributed by atoms with Crippen LogP contribution in [0.5, 0.6) is 0 Å². The zero-order valence-corrected chi connectivity index (χ0v) is 25.0. The van der Waals surface area contributed by atoms with Gasteiger partial charge in [0.25, 0.3) is 5.91 Å². The Hall–Kier alpha value is -3.55. The number of rotatable bonds is 7. The summed E-state index contributed by atoms with van der Waals surface area (Å²) in [6.45, 7) is 3.76. The molecule has 2 fully saturated rings. The van der Waals surface area contributed by atoms with Gasteiger partial charge in [0.05, 0.1) is 10.5 Å². The van der Waals surface area contributed by atoms with E-state index in [4.69, 9.17) is 0 Å². The van der Waals surface area contributed by atoms with Crippen molar-refractivity contribution in [2.75, 3.05) is 55.3 Å². The second-order valence-electron chi connectivity index (χ2n) is 11.7. The average Bonchev–Trinajstić information content (AvgIpc) is 3.39. The first-order valence-electron chi connectivity index (χ1n) is 14.8. The summed E-state index contributed by atoms with van der Waals surface area (Å²) in [5.41, 5.74) is 3.54. The number of amides is 1. The Morgan fingerprint density at radius 2 is 1.70 bits per heavy atom. The maximum atomic E-state index is 13.8. The van der Waals surface area contributed by atoms with Crippen molar-refractivity contribution in [2.24, 2.45) is 0 Å². The highest BCUT2D eigenvalue weighted by atomic mass is 32.2. The molecule has 43 heavy (non-hydrogen) atoms. The van der Waals surface area contributed by atoms with Crippen molar-refractivity contribution in [3.8, 4) is 0 Å². The molecular formula is C30H37F2N7O3S. The SMILES string of the molecule is CN1CCN(c2ccc(C(=O)Nc3n[nH]c4c3CN(S(=O)(=O)c3cc(F)cc(F)c3)CC4)c(NC3CCCCC3)c2)CC1. The molecule has 1 aliphatic carbocycles. The monoisotopic (exact) mass is 613 g/mol. The van der Waals surface area contributed by atoms with E-state index in [-0.39, 0.29) is 30.9 Å². The molecule has 1 aromatic heterocycles. The highest BCUT2D eigenvalue weighted by molar-refractivity contribution is 7.89. The zero-order valence-electron chi connectivity index (χ0n) is 24.2. The number of nitrogens with one attached hydrogen (secondary N) is 3. The first-order chi connectivity index (χ1) is 20.7. The second kappa shape index (κ2) is 12.2. The summed E-state index contributed by atoms with van der Waals surface area (Å²) < 4.78 is 55.3. The predicted octanol–water partition coefficient (Wildman–Crippen LogP) is 4.18. The van der Waals surface area contributed by atoms with Crippen LogP contribution in [0.1, 0.15) is 53.7 Å². The maximum Gasteiger partial charge on any atom is 0.258 e. The summed E-state index contributed by atoms with van der Waals surface area (Å²) in [7, 11) is -2.07. The van der Waals surface area contributed by atoms with Crippen LogP contribution in [-0.4, -0.2) is 79.5 Å². The number of likely N-dealkylation sites (N-methyl/N-ethyl adjacent to an activating group) is 1. The van der Waals surface area contributed by atoms with Crippen LogP contribution < -0.4 is 15.5 Å². The quantitative estimate of drug-likeness (QED) is 0.367. The van der Waals surface area contributed by atoms with Gasteiger partial charge in [0, 0.05) is 80.4 Å². The molecule has 0 spiro atoms. The van der Waals surface area contributed by atoms with E-state index >= 15 is 0 Å². The minimum atomic E-state index is -4.19. The number of fused-ring (bicyclic) bond motifs is 1. The Bertz CT molecular complexity index is 1580. The van der Waals surface area contributed by atoms with E-state index in [1.165, 1.54) is 6.42 Å². The number of piperazine rings is 1. The van der Waals surface area contributed by atoms with Gasteiger partial charge in [0.15, 0.2) is 5.82 Å². The normalized spacial score (nSPS) is 18.8. The molecule has 0 unspecified atom stereocenters.